The summed E-state index contributed by atoms with van der Waals surface area (Å²) >= 11 is 5.71. The number of nitrogens with zero attached hydrogens (tertiary/aromatic N) is 2. The van der Waals surface area contributed by atoms with Crippen molar-refractivity contribution < 1.29 is 19.2 Å². The fourth-order valence-electron chi connectivity index (χ4n) is 1.58. The van der Waals surface area contributed by atoms with Gasteiger partial charge in [-0.2, -0.15) is 0 Å². The molecule has 2 aromatic rings. The first kappa shape index (κ1) is 14.7. The topological polar surface area (TPSA) is 91.6 Å². The third kappa shape index (κ3) is 3.26. The highest BCUT2D eigenvalue weighted by molar-refractivity contribution is 6.29. The summed E-state index contributed by atoms with van der Waals surface area (Å²) in [6.07, 6.45) is 0.985. The summed E-state index contributed by atoms with van der Waals surface area (Å²) in [7, 11) is 1.23. The molecule has 7 nitrogen and oxygen atoms in total. The van der Waals surface area contributed by atoms with Crippen LogP contribution in [0.1, 0.15) is 10.4 Å². The Morgan fingerprint density at radius 2 is 2.05 bits per heavy atom. The van der Waals surface area contributed by atoms with E-state index in [0.717, 1.165) is 6.20 Å². The second-order valence-corrected chi connectivity index (χ2v) is 4.21. The Bertz CT molecular complexity index is 705. The van der Waals surface area contributed by atoms with E-state index in [1.807, 2.05) is 0 Å². The van der Waals surface area contributed by atoms with Crippen LogP contribution in [0, 0.1) is 10.1 Å². The number of halogens is 1. The monoisotopic (exact) mass is 308 g/mol. The molecule has 0 amide bonds. The van der Waals surface area contributed by atoms with Gasteiger partial charge in [0.2, 0.25) is 5.75 Å². The summed E-state index contributed by atoms with van der Waals surface area (Å²) in [5.74, 6) is -0.612. The number of carbonyl (C=O) groups is 1. The molecule has 0 fully saturated rings. The van der Waals surface area contributed by atoms with E-state index in [1.165, 1.54) is 25.3 Å². The lowest BCUT2D eigenvalue weighted by Crippen LogP contribution is -2.04. The molecular formula is C13H9ClN2O5. The van der Waals surface area contributed by atoms with Crippen LogP contribution >= 0.6 is 11.6 Å². The van der Waals surface area contributed by atoms with Crippen LogP contribution in [0.5, 0.6) is 11.5 Å². The first-order valence-corrected chi connectivity index (χ1v) is 6.06. The Labute approximate surface area is 124 Å². The van der Waals surface area contributed by atoms with Gasteiger partial charge < -0.3 is 9.47 Å². The van der Waals surface area contributed by atoms with Gasteiger partial charge in [0.15, 0.2) is 0 Å². The number of benzene rings is 1. The molecule has 2 rings (SSSR count). The van der Waals surface area contributed by atoms with Crippen LogP contribution in [0.2, 0.25) is 5.15 Å². The Hall–Kier alpha value is -2.67. The first-order valence-electron chi connectivity index (χ1n) is 5.68. The average Bonchev–Trinajstić information content (AvgIpc) is 2.47. The third-order valence-corrected chi connectivity index (χ3v) is 2.73. The predicted octanol–water partition coefficient (Wildman–Crippen LogP) is 3.22. The van der Waals surface area contributed by atoms with E-state index in [4.69, 9.17) is 16.3 Å². The van der Waals surface area contributed by atoms with Gasteiger partial charge in [0, 0.05) is 6.07 Å². The lowest BCUT2D eigenvalue weighted by molar-refractivity contribution is -0.386. The molecule has 0 bridgehead atoms. The first-order chi connectivity index (χ1) is 10.0. The number of aromatic nitrogens is 1. The van der Waals surface area contributed by atoms with E-state index in [-0.39, 0.29) is 27.9 Å². The SMILES string of the molecule is COC(=O)c1ccccc1Oc1cc(Cl)ncc1[N+](=O)[O-]. The zero-order valence-electron chi connectivity index (χ0n) is 10.8. The minimum absolute atomic E-state index is 0.0335. The fraction of sp³-hybridized carbons (Fsp3) is 0.0769. The maximum absolute atomic E-state index is 11.6. The van der Waals surface area contributed by atoms with Crippen LogP contribution in [0.3, 0.4) is 0 Å². The van der Waals surface area contributed by atoms with Crippen LogP contribution < -0.4 is 4.74 Å². The van der Waals surface area contributed by atoms with E-state index < -0.39 is 10.9 Å². The largest absolute Gasteiger partial charge is 0.465 e. The molecule has 0 radical (unpaired) electrons. The maximum Gasteiger partial charge on any atom is 0.341 e. The Morgan fingerprint density at radius 1 is 1.33 bits per heavy atom. The maximum atomic E-state index is 11.6. The van der Waals surface area contributed by atoms with Gasteiger partial charge in [0.1, 0.15) is 22.7 Å². The summed E-state index contributed by atoms with van der Waals surface area (Å²) in [5.41, 5.74) is -0.221. The van der Waals surface area contributed by atoms with Gasteiger partial charge in [0.05, 0.1) is 12.0 Å². The number of rotatable bonds is 4. The summed E-state index contributed by atoms with van der Waals surface area (Å²) in [4.78, 5) is 25.6. The van der Waals surface area contributed by atoms with Gasteiger partial charge >= 0.3 is 11.7 Å². The molecule has 0 N–H and O–H groups in total. The highest BCUT2D eigenvalue weighted by Gasteiger charge is 2.20. The Balaban J connectivity index is 2.46. The van der Waals surface area contributed by atoms with Crippen molar-refractivity contribution in [3.05, 3.63) is 57.4 Å². The minimum atomic E-state index is -0.653. The summed E-state index contributed by atoms with van der Waals surface area (Å²) in [6, 6.07) is 7.41. The second-order valence-electron chi connectivity index (χ2n) is 3.82. The van der Waals surface area contributed by atoms with Crippen molar-refractivity contribution in [3.8, 4) is 11.5 Å². The number of para-hydroxylation sites is 1. The van der Waals surface area contributed by atoms with Crippen LogP contribution in [-0.4, -0.2) is 23.0 Å². The number of methoxy groups -OCH3 is 1. The zero-order chi connectivity index (χ0) is 15.4. The molecule has 0 saturated carbocycles. The Kier molecular flexibility index (Phi) is 4.34. The average molecular weight is 309 g/mol. The van der Waals surface area contributed by atoms with Crippen molar-refractivity contribution in [3.63, 3.8) is 0 Å². The van der Waals surface area contributed by atoms with Crippen molar-refractivity contribution in [2.24, 2.45) is 0 Å². The van der Waals surface area contributed by atoms with Gasteiger partial charge in [-0.25, -0.2) is 9.78 Å². The number of esters is 1. The van der Waals surface area contributed by atoms with Gasteiger partial charge in [-0.05, 0) is 12.1 Å². The number of pyridine rings is 1. The molecule has 0 aliphatic carbocycles. The smallest absolute Gasteiger partial charge is 0.341 e. The van der Waals surface area contributed by atoms with E-state index in [2.05, 4.69) is 9.72 Å². The van der Waals surface area contributed by atoms with E-state index >= 15 is 0 Å². The van der Waals surface area contributed by atoms with E-state index in [1.54, 1.807) is 12.1 Å². The molecule has 21 heavy (non-hydrogen) atoms. The lowest BCUT2D eigenvalue weighted by atomic mass is 10.2. The standard InChI is InChI=1S/C13H9ClN2O5/c1-20-13(17)8-4-2-3-5-10(8)21-11-6-12(14)15-7-9(11)16(18)19/h2-7H,1H3. The van der Waals surface area contributed by atoms with Gasteiger partial charge in [0.25, 0.3) is 0 Å². The predicted molar refractivity (Wildman–Crippen MR) is 73.8 cm³/mol. The minimum Gasteiger partial charge on any atom is -0.465 e. The molecule has 0 unspecified atom stereocenters. The zero-order valence-corrected chi connectivity index (χ0v) is 11.5. The molecule has 1 heterocycles. The highest BCUT2D eigenvalue weighted by atomic mass is 35.5. The molecular weight excluding hydrogens is 300 g/mol. The molecule has 8 heteroatoms. The summed E-state index contributed by atoms with van der Waals surface area (Å²) in [5, 5.41) is 11.0. The summed E-state index contributed by atoms with van der Waals surface area (Å²) in [6.45, 7) is 0. The quantitative estimate of drug-likeness (QED) is 0.373. The molecule has 0 spiro atoms. The second kappa shape index (κ2) is 6.19. The van der Waals surface area contributed by atoms with Crippen molar-refractivity contribution >= 4 is 23.3 Å². The van der Waals surface area contributed by atoms with Gasteiger partial charge in [-0.3, -0.25) is 10.1 Å². The van der Waals surface area contributed by atoms with Crippen LogP contribution in [0.15, 0.2) is 36.5 Å². The molecule has 0 atom stereocenters. The van der Waals surface area contributed by atoms with E-state index in [0.29, 0.717) is 0 Å². The third-order valence-electron chi connectivity index (χ3n) is 2.52. The van der Waals surface area contributed by atoms with Gasteiger partial charge in [-0.15, -0.1) is 0 Å². The molecule has 0 saturated heterocycles. The lowest BCUT2D eigenvalue weighted by Gasteiger charge is -2.09. The highest BCUT2D eigenvalue weighted by Crippen LogP contribution is 2.34. The van der Waals surface area contributed by atoms with Crippen molar-refractivity contribution in [1.82, 2.24) is 4.98 Å². The number of carbonyl (C=O) groups excluding carboxylic acids is 1. The van der Waals surface area contributed by atoms with Crippen LogP contribution in [0.4, 0.5) is 5.69 Å². The van der Waals surface area contributed by atoms with Crippen LogP contribution in [0.25, 0.3) is 0 Å². The summed E-state index contributed by atoms with van der Waals surface area (Å²) < 4.78 is 10.1. The van der Waals surface area contributed by atoms with Crippen molar-refractivity contribution in [2.75, 3.05) is 7.11 Å². The number of nitro groups is 1. The molecule has 0 aliphatic rings. The van der Waals surface area contributed by atoms with Gasteiger partial charge in [-0.1, -0.05) is 23.7 Å². The number of ether oxygens (including phenoxy) is 2. The number of hydrogen-bond donors (Lipinski definition) is 0. The molecule has 108 valence electrons. The van der Waals surface area contributed by atoms with E-state index in [9.17, 15) is 14.9 Å². The normalized spacial score (nSPS) is 10.0. The molecule has 1 aromatic heterocycles. The molecule has 1 aromatic carbocycles. The van der Waals surface area contributed by atoms with Crippen molar-refractivity contribution in [2.45, 2.75) is 0 Å². The van der Waals surface area contributed by atoms with Crippen molar-refractivity contribution in [1.29, 1.82) is 0 Å². The van der Waals surface area contributed by atoms with Crippen LogP contribution in [-0.2, 0) is 4.74 Å². The number of hydrogen-bond acceptors (Lipinski definition) is 6. The Morgan fingerprint density at radius 3 is 2.71 bits per heavy atom. The molecule has 0 aliphatic heterocycles. The fourth-order valence-corrected chi connectivity index (χ4v) is 1.73.